The first-order chi connectivity index (χ1) is 9.02. The Morgan fingerprint density at radius 2 is 2.05 bits per heavy atom. The van der Waals surface area contributed by atoms with Gasteiger partial charge in [-0.05, 0) is 30.7 Å². The summed E-state index contributed by atoms with van der Waals surface area (Å²) in [5, 5.41) is 0. The van der Waals surface area contributed by atoms with Gasteiger partial charge in [-0.2, -0.15) is 0 Å². The lowest BCUT2D eigenvalue weighted by Gasteiger charge is -2.07. The summed E-state index contributed by atoms with van der Waals surface area (Å²) in [6.45, 7) is 1.79. The first-order valence-electron chi connectivity index (χ1n) is 5.63. The second-order valence-electron chi connectivity index (χ2n) is 4.12. The van der Waals surface area contributed by atoms with Crippen LogP contribution in [0.3, 0.4) is 0 Å². The molecule has 2 N–H and O–H groups in total. The predicted octanol–water partition coefficient (Wildman–Crippen LogP) is 2.35. The zero-order valence-corrected chi connectivity index (χ0v) is 10.6. The highest BCUT2D eigenvalue weighted by atomic mass is 19.1. The van der Waals surface area contributed by atoms with Gasteiger partial charge in [0.25, 0.3) is 0 Å². The quantitative estimate of drug-likeness (QED) is 0.860. The normalized spacial score (nSPS) is 10.3. The summed E-state index contributed by atoms with van der Waals surface area (Å²) in [5.74, 6) is -0.700. The van der Waals surface area contributed by atoms with E-state index in [1.807, 2.05) is 0 Å². The van der Waals surface area contributed by atoms with Gasteiger partial charge in [0.1, 0.15) is 17.4 Å². The Kier molecular flexibility index (Phi) is 3.46. The van der Waals surface area contributed by atoms with Crippen molar-refractivity contribution in [2.45, 2.75) is 6.92 Å². The summed E-state index contributed by atoms with van der Waals surface area (Å²) in [7, 11) is 1.43. The maximum Gasteiger partial charge on any atom is 0.199 e. The van der Waals surface area contributed by atoms with Crippen molar-refractivity contribution in [2.75, 3.05) is 12.8 Å². The SMILES string of the molecule is COc1ccc(C(=O)c2cc(C)cnc2N)c(F)c1. The fourth-order valence-electron chi connectivity index (χ4n) is 1.71. The number of ketones is 1. The lowest BCUT2D eigenvalue weighted by molar-refractivity contribution is 0.103. The van der Waals surface area contributed by atoms with E-state index < -0.39 is 11.6 Å². The highest BCUT2D eigenvalue weighted by Gasteiger charge is 2.17. The Balaban J connectivity index is 2.47. The minimum absolute atomic E-state index is 0.0556. The first-order valence-corrected chi connectivity index (χ1v) is 5.63. The monoisotopic (exact) mass is 260 g/mol. The molecule has 0 atom stereocenters. The number of carbonyl (C=O) groups is 1. The Morgan fingerprint density at radius 1 is 1.32 bits per heavy atom. The molecule has 0 saturated heterocycles. The summed E-state index contributed by atoms with van der Waals surface area (Å²) < 4.78 is 18.7. The molecule has 0 saturated carbocycles. The van der Waals surface area contributed by atoms with E-state index in [0.717, 1.165) is 11.6 Å². The number of rotatable bonds is 3. The number of methoxy groups -OCH3 is 1. The third kappa shape index (κ3) is 2.54. The number of ether oxygens (including phenoxy) is 1. The number of aromatic nitrogens is 1. The highest BCUT2D eigenvalue weighted by molar-refractivity contribution is 6.11. The zero-order chi connectivity index (χ0) is 14.0. The molecular formula is C14H13FN2O2. The molecule has 4 nitrogen and oxygen atoms in total. The fourth-order valence-corrected chi connectivity index (χ4v) is 1.71. The molecule has 1 aromatic heterocycles. The average Bonchev–Trinajstić information content (AvgIpc) is 2.40. The predicted molar refractivity (Wildman–Crippen MR) is 69.8 cm³/mol. The van der Waals surface area contributed by atoms with Crippen LogP contribution in [0.15, 0.2) is 30.5 Å². The Morgan fingerprint density at radius 3 is 2.68 bits per heavy atom. The van der Waals surface area contributed by atoms with Gasteiger partial charge >= 0.3 is 0 Å². The second kappa shape index (κ2) is 5.06. The van der Waals surface area contributed by atoms with Crippen molar-refractivity contribution in [2.24, 2.45) is 0 Å². The van der Waals surface area contributed by atoms with E-state index in [1.54, 1.807) is 19.2 Å². The highest BCUT2D eigenvalue weighted by Crippen LogP contribution is 2.21. The van der Waals surface area contributed by atoms with Crippen LogP contribution in [0, 0.1) is 12.7 Å². The van der Waals surface area contributed by atoms with Crippen LogP contribution < -0.4 is 10.5 Å². The lowest BCUT2D eigenvalue weighted by Crippen LogP contribution is -2.09. The molecule has 0 fully saturated rings. The summed E-state index contributed by atoms with van der Waals surface area (Å²) >= 11 is 0. The number of aryl methyl sites for hydroxylation is 1. The molecule has 0 unspecified atom stereocenters. The van der Waals surface area contributed by atoms with Gasteiger partial charge < -0.3 is 10.5 Å². The number of nitrogen functional groups attached to an aromatic ring is 1. The van der Waals surface area contributed by atoms with E-state index in [0.29, 0.717) is 5.75 Å². The molecular weight excluding hydrogens is 247 g/mol. The van der Waals surface area contributed by atoms with Crippen LogP contribution in [0.4, 0.5) is 10.2 Å². The standard InChI is InChI=1S/C14H13FN2O2/c1-8-5-11(14(16)17-7-8)13(18)10-4-3-9(19-2)6-12(10)15/h3-7H,1-2H3,(H2,16,17). The number of nitrogens with zero attached hydrogens (tertiary/aromatic N) is 1. The smallest absolute Gasteiger partial charge is 0.199 e. The zero-order valence-electron chi connectivity index (χ0n) is 10.6. The van der Waals surface area contributed by atoms with Crippen LogP contribution >= 0.6 is 0 Å². The van der Waals surface area contributed by atoms with Crippen molar-refractivity contribution < 1.29 is 13.9 Å². The number of halogens is 1. The van der Waals surface area contributed by atoms with E-state index in [1.165, 1.54) is 19.2 Å². The number of hydrogen-bond acceptors (Lipinski definition) is 4. The van der Waals surface area contributed by atoms with E-state index in [4.69, 9.17) is 10.5 Å². The molecule has 1 aromatic carbocycles. The topological polar surface area (TPSA) is 65.2 Å². The van der Waals surface area contributed by atoms with E-state index in [2.05, 4.69) is 4.98 Å². The number of carbonyl (C=O) groups excluding carboxylic acids is 1. The summed E-state index contributed by atoms with van der Waals surface area (Å²) in [4.78, 5) is 16.1. The number of benzene rings is 1. The number of anilines is 1. The van der Waals surface area contributed by atoms with Crippen LogP contribution in [0.5, 0.6) is 5.75 Å². The summed E-state index contributed by atoms with van der Waals surface area (Å²) in [6.07, 6.45) is 1.55. The summed E-state index contributed by atoms with van der Waals surface area (Å²) in [5.41, 5.74) is 6.58. The Hall–Kier alpha value is -2.43. The van der Waals surface area contributed by atoms with Gasteiger partial charge in [0, 0.05) is 12.3 Å². The van der Waals surface area contributed by atoms with Gasteiger partial charge in [-0.3, -0.25) is 4.79 Å². The van der Waals surface area contributed by atoms with Gasteiger partial charge in [0.2, 0.25) is 0 Å². The number of pyridine rings is 1. The van der Waals surface area contributed by atoms with E-state index >= 15 is 0 Å². The average molecular weight is 260 g/mol. The second-order valence-corrected chi connectivity index (χ2v) is 4.12. The molecule has 0 aliphatic heterocycles. The van der Waals surface area contributed by atoms with Crippen molar-refractivity contribution in [3.63, 3.8) is 0 Å². The lowest BCUT2D eigenvalue weighted by atomic mass is 10.0. The minimum atomic E-state index is -0.648. The minimum Gasteiger partial charge on any atom is -0.497 e. The number of hydrogen-bond donors (Lipinski definition) is 1. The van der Waals surface area contributed by atoms with Crippen LogP contribution in [-0.4, -0.2) is 17.9 Å². The Labute approximate surface area is 110 Å². The number of nitrogens with two attached hydrogens (primary N) is 1. The fraction of sp³-hybridized carbons (Fsp3) is 0.143. The van der Waals surface area contributed by atoms with Crippen molar-refractivity contribution in [3.05, 3.63) is 53.0 Å². The molecule has 0 amide bonds. The van der Waals surface area contributed by atoms with Crippen molar-refractivity contribution >= 4 is 11.6 Å². The van der Waals surface area contributed by atoms with Crippen molar-refractivity contribution in [1.82, 2.24) is 4.98 Å². The molecule has 5 heteroatoms. The molecule has 0 bridgehead atoms. The van der Waals surface area contributed by atoms with E-state index in [9.17, 15) is 9.18 Å². The van der Waals surface area contributed by atoms with Gasteiger partial charge in [-0.25, -0.2) is 9.37 Å². The molecule has 19 heavy (non-hydrogen) atoms. The van der Waals surface area contributed by atoms with Gasteiger partial charge in [0.15, 0.2) is 5.78 Å². The van der Waals surface area contributed by atoms with Crippen LogP contribution in [0.25, 0.3) is 0 Å². The molecule has 98 valence electrons. The van der Waals surface area contributed by atoms with Gasteiger partial charge in [0.05, 0.1) is 18.2 Å². The molecule has 0 aliphatic carbocycles. The molecule has 0 aliphatic rings. The maximum atomic E-state index is 13.8. The Bertz CT molecular complexity index is 641. The third-order valence-electron chi connectivity index (χ3n) is 2.72. The van der Waals surface area contributed by atoms with Crippen LogP contribution in [0.2, 0.25) is 0 Å². The molecule has 0 spiro atoms. The molecule has 0 radical (unpaired) electrons. The molecule has 1 heterocycles. The van der Waals surface area contributed by atoms with Gasteiger partial charge in [-0.1, -0.05) is 0 Å². The van der Waals surface area contributed by atoms with Gasteiger partial charge in [-0.15, -0.1) is 0 Å². The van der Waals surface area contributed by atoms with Crippen molar-refractivity contribution in [3.8, 4) is 5.75 Å². The summed E-state index contributed by atoms with van der Waals surface area (Å²) in [6, 6.07) is 5.65. The van der Waals surface area contributed by atoms with E-state index in [-0.39, 0.29) is 16.9 Å². The first kappa shape index (κ1) is 13.0. The molecule has 2 rings (SSSR count). The maximum absolute atomic E-state index is 13.8. The third-order valence-corrected chi connectivity index (χ3v) is 2.72. The van der Waals surface area contributed by atoms with Crippen LogP contribution in [0.1, 0.15) is 21.5 Å². The van der Waals surface area contributed by atoms with Crippen molar-refractivity contribution in [1.29, 1.82) is 0 Å². The van der Waals surface area contributed by atoms with Crippen LogP contribution in [-0.2, 0) is 0 Å². The largest absolute Gasteiger partial charge is 0.497 e. The molecule has 2 aromatic rings.